The molecule has 0 aliphatic carbocycles. The van der Waals surface area contributed by atoms with Crippen molar-refractivity contribution in [1.29, 1.82) is 0 Å². The molecule has 3 heterocycles. The molecule has 1 amide bonds. The maximum atomic E-state index is 12.9. The van der Waals surface area contributed by atoms with Gasteiger partial charge in [-0.05, 0) is 56.8 Å². The average Bonchev–Trinajstić information content (AvgIpc) is 3.11. The molecule has 4 rings (SSSR count). The highest BCUT2D eigenvalue weighted by atomic mass is 16.6. The van der Waals surface area contributed by atoms with Crippen LogP contribution in [-0.2, 0) is 11.3 Å². The minimum atomic E-state index is -0.375. The van der Waals surface area contributed by atoms with Crippen LogP contribution in [0, 0.1) is 16.0 Å². The van der Waals surface area contributed by atoms with E-state index in [1.54, 1.807) is 18.3 Å². The van der Waals surface area contributed by atoms with Gasteiger partial charge in [0.1, 0.15) is 6.54 Å². The summed E-state index contributed by atoms with van der Waals surface area (Å²) in [5, 5.41) is 11.8. The Kier molecular flexibility index (Phi) is 5.35. The molecular formula is C21H28N4O3. The first-order chi connectivity index (χ1) is 13.5. The van der Waals surface area contributed by atoms with Crippen LogP contribution in [-0.4, -0.2) is 57.9 Å². The van der Waals surface area contributed by atoms with Crippen LogP contribution in [0.15, 0.2) is 30.5 Å². The number of fused-ring (bicyclic) bond motifs is 2. The first kappa shape index (κ1) is 18.9. The van der Waals surface area contributed by atoms with Gasteiger partial charge in [0.25, 0.3) is 5.69 Å². The minimum absolute atomic E-state index is 0.0527. The summed E-state index contributed by atoms with van der Waals surface area (Å²) >= 11 is 0. The third-order valence-electron chi connectivity index (χ3n) is 6.46. The maximum Gasteiger partial charge on any atom is 0.278 e. The fourth-order valence-corrected chi connectivity index (χ4v) is 5.01. The molecule has 28 heavy (non-hydrogen) atoms. The number of nitro groups is 1. The Morgan fingerprint density at radius 2 is 2.04 bits per heavy atom. The predicted octanol–water partition coefficient (Wildman–Crippen LogP) is 3.27. The first-order valence-corrected chi connectivity index (χ1v) is 10.2. The third kappa shape index (κ3) is 3.63. The molecule has 2 saturated heterocycles. The van der Waals surface area contributed by atoms with Gasteiger partial charge in [-0.2, -0.15) is 0 Å². The van der Waals surface area contributed by atoms with Crippen molar-refractivity contribution in [1.82, 2.24) is 14.4 Å². The van der Waals surface area contributed by atoms with Gasteiger partial charge < -0.3 is 14.4 Å². The quantitative estimate of drug-likeness (QED) is 0.586. The second-order valence-electron chi connectivity index (χ2n) is 8.19. The van der Waals surface area contributed by atoms with Gasteiger partial charge in [-0.1, -0.05) is 12.5 Å². The van der Waals surface area contributed by atoms with E-state index in [1.807, 2.05) is 22.6 Å². The number of carbonyl (C=O) groups excluding carboxylic acids is 1. The molecule has 2 aliphatic rings. The van der Waals surface area contributed by atoms with Gasteiger partial charge in [-0.25, -0.2) is 0 Å². The summed E-state index contributed by atoms with van der Waals surface area (Å²) in [6, 6.07) is 7.34. The number of nitro benzene ring substituents is 1. The molecule has 2 aromatic rings. The van der Waals surface area contributed by atoms with Gasteiger partial charge in [-0.15, -0.1) is 0 Å². The molecule has 150 valence electrons. The summed E-state index contributed by atoms with van der Waals surface area (Å²) in [5.74, 6) is 0.599. The second kappa shape index (κ2) is 7.91. The monoisotopic (exact) mass is 384 g/mol. The molecule has 0 N–H and O–H groups in total. The lowest BCUT2D eigenvalue weighted by Gasteiger charge is -2.45. The van der Waals surface area contributed by atoms with Crippen molar-refractivity contribution < 1.29 is 9.72 Å². The van der Waals surface area contributed by atoms with E-state index in [4.69, 9.17) is 0 Å². The lowest BCUT2D eigenvalue weighted by molar-refractivity contribution is -0.383. The Hall–Kier alpha value is -2.41. The Morgan fingerprint density at radius 3 is 2.86 bits per heavy atom. The van der Waals surface area contributed by atoms with Crippen molar-refractivity contribution in [2.45, 2.75) is 44.7 Å². The van der Waals surface area contributed by atoms with Crippen LogP contribution in [0.2, 0.25) is 0 Å². The molecule has 0 spiro atoms. The minimum Gasteiger partial charge on any atom is -0.344 e. The van der Waals surface area contributed by atoms with E-state index in [9.17, 15) is 14.9 Å². The van der Waals surface area contributed by atoms with Crippen LogP contribution in [0.5, 0.6) is 0 Å². The SMILES string of the molecule is CN(CC1CCCN2CCCCC12)C(=O)Cn1ccc2c([N+](=O)[O-])cccc21. The molecule has 1 aromatic carbocycles. The number of amides is 1. The molecule has 7 nitrogen and oxygen atoms in total. The number of likely N-dealkylation sites (N-methyl/N-ethyl adjacent to an activating group) is 1. The predicted molar refractivity (Wildman–Crippen MR) is 108 cm³/mol. The summed E-state index contributed by atoms with van der Waals surface area (Å²) < 4.78 is 1.81. The van der Waals surface area contributed by atoms with E-state index in [2.05, 4.69) is 4.90 Å². The zero-order valence-electron chi connectivity index (χ0n) is 16.4. The Morgan fingerprint density at radius 1 is 1.21 bits per heavy atom. The molecule has 0 saturated carbocycles. The topological polar surface area (TPSA) is 71.6 Å². The smallest absolute Gasteiger partial charge is 0.278 e. The second-order valence-corrected chi connectivity index (χ2v) is 8.19. The number of hydrogen-bond donors (Lipinski definition) is 0. The lowest BCUT2D eigenvalue weighted by atomic mass is 9.83. The molecule has 0 bridgehead atoms. The van der Waals surface area contributed by atoms with Crippen LogP contribution in [0.4, 0.5) is 5.69 Å². The summed E-state index contributed by atoms with van der Waals surface area (Å²) in [7, 11) is 1.89. The highest BCUT2D eigenvalue weighted by molar-refractivity contribution is 5.90. The van der Waals surface area contributed by atoms with Crippen LogP contribution < -0.4 is 0 Å². The van der Waals surface area contributed by atoms with E-state index in [1.165, 1.54) is 51.3 Å². The molecule has 7 heteroatoms. The molecule has 1 aromatic heterocycles. The van der Waals surface area contributed by atoms with Crippen LogP contribution in [0.25, 0.3) is 10.9 Å². The number of piperidine rings is 2. The summed E-state index contributed by atoms with van der Waals surface area (Å²) in [4.78, 5) is 28.2. The van der Waals surface area contributed by atoms with Crippen LogP contribution >= 0.6 is 0 Å². The number of non-ortho nitro benzene ring substituents is 1. The molecule has 2 unspecified atom stereocenters. The van der Waals surface area contributed by atoms with Gasteiger partial charge >= 0.3 is 0 Å². The van der Waals surface area contributed by atoms with E-state index in [0.717, 1.165) is 12.1 Å². The fraction of sp³-hybridized carbons (Fsp3) is 0.571. The molecule has 2 aliphatic heterocycles. The van der Waals surface area contributed by atoms with E-state index in [0.29, 0.717) is 17.3 Å². The number of rotatable bonds is 5. The van der Waals surface area contributed by atoms with Crippen molar-refractivity contribution in [3.8, 4) is 0 Å². The zero-order valence-corrected chi connectivity index (χ0v) is 16.4. The summed E-state index contributed by atoms with van der Waals surface area (Å²) in [6.07, 6.45) is 8.02. The number of carbonyl (C=O) groups is 1. The van der Waals surface area contributed by atoms with E-state index in [-0.39, 0.29) is 23.1 Å². The molecule has 0 radical (unpaired) electrons. The third-order valence-corrected chi connectivity index (χ3v) is 6.46. The summed E-state index contributed by atoms with van der Waals surface area (Å²) in [6.45, 7) is 3.40. The van der Waals surface area contributed by atoms with Crippen molar-refractivity contribution in [3.05, 3.63) is 40.6 Å². The molecule has 2 atom stereocenters. The first-order valence-electron chi connectivity index (χ1n) is 10.2. The standard InChI is InChI=1S/C21H28N4O3/c1-22(14-16-6-5-12-23-11-3-2-7-18(16)23)21(26)15-24-13-10-17-19(24)8-4-9-20(17)25(27)28/h4,8-10,13,16,18H,2-3,5-7,11-12,14-15H2,1H3. The fourth-order valence-electron chi connectivity index (χ4n) is 5.01. The normalized spacial score (nSPS) is 22.8. The molecular weight excluding hydrogens is 356 g/mol. The zero-order chi connectivity index (χ0) is 19.7. The van der Waals surface area contributed by atoms with E-state index < -0.39 is 0 Å². The summed E-state index contributed by atoms with van der Waals surface area (Å²) in [5.41, 5.74) is 0.809. The average molecular weight is 384 g/mol. The maximum absolute atomic E-state index is 12.9. The highest BCUT2D eigenvalue weighted by Gasteiger charge is 2.34. The number of benzene rings is 1. The van der Waals surface area contributed by atoms with Crippen LogP contribution in [0.1, 0.15) is 32.1 Å². The largest absolute Gasteiger partial charge is 0.344 e. The van der Waals surface area contributed by atoms with Gasteiger partial charge in [0.15, 0.2) is 0 Å². The van der Waals surface area contributed by atoms with Crippen molar-refractivity contribution in [2.75, 3.05) is 26.7 Å². The lowest BCUT2D eigenvalue weighted by Crippen LogP contribution is -2.51. The molecule has 2 fully saturated rings. The van der Waals surface area contributed by atoms with Gasteiger partial charge in [0, 0.05) is 31.9 Å². The number of aromatic nitrogens is 1. The Balaban J connectivity index is 1.44. The van der Waals surface area contributed by atoms with Crippen molar-refractivity contribution in [3.63, 3.8) is 0 Å². The number of nitrogens with zero attached hydrogens (tertiary/aromatic N) is 4. The van der Waals surface area contributed by atoms with Crippen LogP contribution in [0.3, 0.4) is 0 Å². The van der Waals surface area contributed by atoms with Crippen molar-refractivity contribution >= 4 is 22.5 Å². The van der Waals surface area contributed by atoms with E-state index >= 15 is 0 Å². The van der Waals surface area contributed by atoms with Gasteiger partial charge in [-0.3, -0.25) is 14.9 Å². The Bertz CT molecular complexity index is 876. The number of hydrogen-bond acceptors (Lipinski definition) is 4. The Labute approximate surface area is 165 Å². The van der Waals surface area contributed by atoms with Crippen molar-refractivity contribution in [2.24, 2.45) is 5.92 Å². The van der Waals surface area contributed by atoms with Gasteiger partial charge in [0.2, 0.25) is 5.91 Å². The highest BCUT2D eigenvalue weighted by Crippen LogP contribution is 2.31. The van der Waals surface area contributed by atoms with Gasteiger partial charge in [0.05, 0.1) is 15.8 Å².